The first kappa shape index (κ1) is 16.4. The standard InChI is InChI=1S/C14H23O3SSi/c1-9-8-11(18(15,16)17)13(19(6)7)10(2)12(9)14(3,4)5/h8H,1-7H3,(H,15,16,17). The van der Waals surface area contributed by atoms with Gasteiger partial charge in [-0.3, -0.25) is 4.55 Å². The van der Waals surface area contributed by atoms with Crippen LogP contribution in [0.2, 0.25) is 13.1 Å². The quantitative estimate of drug-likeness (QED) is 0.675. The Kier molecular flexibility index (Phi) is 4.35. The highest BCUT2D eigenvalue weighted by Gasteiger charge is 2.27. The summed E-state index contributed by atoms with van der Waals surface area (Å²) in [5.74, 6) is 0. The molecule has 1 aromatic rings. The van der Waals surface area contributed by atoms with Gasteiger partial charge in [0, 0.05) is 0 Å². The molecule has 0 saturated heterocycles. The van der Waals surface area contributed by atoms with Crippen LogP contribution in [0, 0.1) is 13.8 Å². The summed E-state index contributed by atoms with van der Waals surface area (Å²) < 4.78 is 32.6. The second-order valence-corrected chi connectivity index (χ2v) is 10.2. The van der Waals surface area contributed by atoms with E-state index in [0.29, 0.717) is 0 Å². The van der Waals surface area contributed by atoms with Crippen molar-refractivity contribution in [1.82, 2.24) is 0 Å². The highest BCUT2D eigenvalue weighted by molar-refractivity contribution is 7.86. The smallest absolute Gasteiger partial charge is 0.282 e. The molecule has 0 aromatic heterocycles. The number of hydrogen-bond donors (Lipinski definition) is 1. The molecule has 0 bridgehead atoms. The first-order valence-corrected chi connectivity index (χ1v) is 10.2. The molecule has 0 unspecified atom stereocenters. The van der Waals surface area contributed by atoms with Gasteiger partial charge >= 0.3 is 0 Å². The lowest BCUT2D eigenvalue weighted by Gasteiger charge is -2.28. The van der Waals surface area contributed by atoms with Crippen LogP contribution in [0.15, 0.2) is 11.0 Å². The second-order valence-electron chi connectivity index (χ2n) is 6.29. The monoisotopic (exact) mass is 299 g/mol. The van der Waals surface area contributed by atoms with Crippen LogP contribution in [0.25, 0.3) is 0 Å². The van der Waals surface area contributed by atoms with E-state index < -0.39 is 18.9 Å². The SMILES string of the molecule is Cc1cc(S(=O)(=O)O)c([Si](C)C)c(C)c1C(C)(C)C. The van der Waals surface area contributed by atoms with Gasteiger partial charge in [0.25, 0.3) is 10.1 Å². The largest absolute Gasteiger partial charge is 0.294 e. The Morgan fingerprint density at radius 2 is 1.63 bits per heavy atom. The minimum Gasteiger partial charge on any atom is -0.282 e. The molecule has 0 spiro atoms. The topological polar surface area (TPSA) is 54.4 Å². The van der Waals surface area contributed by atoms with Gasteiger partial charge < -0.3 is 0 Å². The van der Waals surface area contributed by atoms with Crippen molar-refractivity contribution in [1.29, 1.82) is 0 Å². The molecule has 0 fully saturated rings. The molecule has 0 aliphatic carbocycles. The van der Waals surface area contributed by atoms with E-state index in [9.17, 15) is 13.0 Å². The summed E-state index contributed by atoms with van der Waals surface area (Å²) in [6.07, 6.45) is 0. The van der Waals surface area contributed by atoms with E-state index in [1.165, 1.54) is 5.56 Å². The number of hydrogen-bond acceptors (Lipinski definition) is 2. The molecule has 1 aromatic carbocycles. The van der Waals surface area contributed by atoms with Gasteiger partial charge in [-0.05, 0) is 47.2 Å². The highest BCUT2D eigenvalue weighted by Crippen LogP contribution is 2.30. The van der Waals surface area contributed by atoms with Crippen molar-refractivity contribution in [2.75, 3.05) is 0 Å². The van der Waals surface area contributed by atoms with E-state index in [1.807, 2.05) is 26.9 Å². The van der Waals surface area contributed by atoms with Gasteiger partial charge in [-0.1, -0.05) is 33.9 Å². The number of aryl methyl sites for hydroxylation is 1. The minimum atomic E-state index is -4.16. The van der Waals surface area contributed by atoms with Crippen molar-refractivity contribution in [2.45, 2.75) is 58.0 Å². The molecule has 19 heavy (non-hydrogen) atoms. The Morgan fingerprint density at radius 3 is 1.95 bits per heavy atom. The fourth-order valence-corrected chi connectivity index (χ4v) is 6.10. The third-order valence-corrected chi connectivity index (χ3v) is 5.97. The van der Waals surface area contributed by atoms with Crippen LogP contribution >= 0.6 is 0 Å². The fourth-order valence-electron chi connectivity index (χ4n) is 2.93. The summed E-state index contributed by atoms with van der Waals surface area (Å²) in [5, 5.41) is 0.822. The van der Waals surface area contributed by atoms with E-state index in [1.54, 1.807) is 6.07 Å². The third-order valence-electron chi connectivity index (χ3n) is 3.27. The number of rotatable bonds is 2. The van der Waals surface area contributed by atoms with Crippen molar-refractivity contribution in [3.05, 3.63) is 22.8 Å². The molecule has 0 aliphatic rings. The van der Waals surface area contributed by atoms with Crippen LogP contribution in [0.3, 0.4) is 0 Å². The van der Waals surface area contributed by atoms with Gasteiger partial charge in [0.2, 0.25) is 0 Å². The van der Waals surface area contributed by atoms with Gasteiger partial charge in [-0.25, -0.2) is 0 Å². The zero-order valence-electron chi connectivity index (χ0n) is 12.7. The Labute approximate surface area is 118 Å². The van der Waals surface area contributed by atoms with E-state index >= 15 is 0 Å². The minimum absolute atomic E-state index is 0.0437. The lowest BCUT2D eigenvalue weighted by Crippen LogP contribution is -2.34. The van der Waals surface area contributed by atoms with Crippen molar-refractivity contribution in [3.63, 3.8) is 0 Å². The van der Waals surface area contributed by atoms with Crippen molar-refractivity contribution < 1.29 is 13.0 Å². The summed E-state index contributed by atoms with van der Waals surface area (Å²) >= 11 is 0. The Balaban J connectivity index is 3.86. The lowest BCUT2D eigenvalue weighted by atomic mass is 9.81. The molecular weight excluding hydrogens is 276 g/mol. The van der Waals surface area contributed by atoms with E-state index in [0.717, 1.165) is 16.3 Å². The van der Waals surface area contributed by atoms with Gasteiger partial charge in [0.15, 0.2) is 0 Å². The molecule has 107 valence electrons. The highest BCUT2D eigenvalue weighted by atomic mass is 32.2. The fraction of sp³-hybridized carbons (Fsp3) is 0.571. The summed E-state index contributed by atoms with van der Waals surface area (Å²) in [7, 11) is -5.15. The lowest BCUT2D eigenvalue weighted by molar-refractivity contribution is 0.483. The summed E-state index contributed by atoms with van der Waals surface area (Å²) in [6.45, 7) is 14.3. The Morgan fingerprint density at radius 1 is 1.16 bits per heavy atom. The first-order valence-electron chi connectivity index (χ1n) is 6.30. The Hall–Kier alpha value is -0.653. The molecule has 0 atom stereocenters. The van der Waals surface area contributed by atoms with Crippen LogP contribution in [0.1, 0.15) is 37.5 Å². The predicted molar refractivity (Wildman–Crippen MR) is 81.5 cm³/mol. The van der Waals surface area contributed by atoms with Gasteiger partial charge in [-0.2, -0.15) is 8.42 Å². The van der Waals surface area contributed by atoms with Crippen LogP contribution in [-0.4, -0.2) is 21.8 Å². The molecule has 1 radical (unpaired) electrons. The molecule has 0 aliphatic heterocycles. The van der Waals surface area contributed by atoms with Gasteiger partial charge in [-0.15, -0.1) is 0 Å². The number of benzene rings is 1. The van der Waals surface area contributed by atoms with E-state index in [-0.39, 0.29) is 10.3 Å². The molecule has 0 amide bonds. The average molecular weight is 299 g/mol. The molecule has 1 rings (SSSR count). The third kappa shape index (κ3) is 3.27. The van der Waals surface area contributed by atoms with Crippen molar-refractivity contribution in [3.8, 4) is 0 Å². The summed E-state index contributed by atoms with van der Waals surface area (Å²) in [6, 6.07) is 1.62. The summed E-state index contributed by atoms with van der Waals surface area (Å²) in [5.41, 5.74) is 3.07. The molecular formula is C14H23O3SSi. The maximum Gasteiger partial charge on any atom is 0.294 e. The zero-order valence-corrected chi connectivity index (χ0v) is 14.6. The maximum atomic E-state index is 11.6. The molecule has 3 nitrogen and oxygen atoms in total. The van der Waals surface area contributed by atoms with Crippen LogP contribution in [0.4, 0.5) is 0 Å². The van der Waals surface area contributed by atoms with Crippen LogP contribution in [-0.2, 0) is 15.5 Å². The van der Waals surface area contributed by atoms with Gasteiger partial charge in [0.05, 0.1) is 13.7 Å². The molecule has 0 heterocycles. The predicted octanol–water partition coefficient (Wildman–Crippen LogP) is 2.81. The van der Waals surface area contributed by atoms with E-state index in [4.69, 9.17) is 0 Å². The van der Waals surface area contributed by atoms with Gasteiger partial charge in [0.1, 0.15) is 0 Å². The van der Waals surface area contributed by atoms with Crippen LogP contribution in [0.5, 0.6) is 0 Å². The molecule has 1 N–H and O–H groups in total. The first-order chi connectivity index (χ1) is 8.37. The average Bonchev–Trinajstić information content (AvgIpc) is 2.11. The van der Waals surface area contributed by atoms with Crippen molar-refractivity contribution >= 4 is 24.1 Å². The Bertz CT molecular complexity index is 596. The second kappa shape index (κ2) is 5.03. The molecule has 0 saturated carbocycles. The zero-order chi connectivity index (χ0) is 15.2. The normalized spacial score (nSPS) is 13.1. The maximum absolute atomic E-state index is 11.6. The summed E-state index contributed by atoms with van der Waals surface area (Å²) in [4.78, 5) is 0.0920. The molecule has 5 heteroatoms. The van der Waals surface area contributed by atoms with Crippen LogP contribution < -0.4 is 5.19 Å². The van der Waals surface area contributed by atoms with E-state index in [2.05, 4.69) is 20.8 Å². The van der Waals surface area contributed by atoms with Crippen molar-refractivity contribution in [2.24, 2.45) is 0 Å².